The molecule has 0 bridgehead atoms. The van der Waals surface area contributed by atoms with Crippen molar-refractivity contribution in [2.75, 3.05) is 102 Å². The van der Waals surface area contributed by atoms with Crippen molar-refractivity contribution in [3.63, 3.8) is 0 Å². The lowest BCUT2D eigenvalue weighted by Crippen LogP contribution is -2.16. The zero-order valence-electron chi connectivity index (χ0n) is 28.2. The molecule has 12 nitrogen and oxygen atoms in total. The van der Waals surface area contributed by atoms with Crippen LogP contribution >= 0.6 is 0 Å². The number of rotatable bonds is 16. The van der Waals surface area contributed by atoms with E-state index in [2.05, 4.69) is 10.6 Å². The SMILES string of the molecule is CCN(C)c1ccc(S(=O)(=O)CCOC)cc1.CNc1ccc(S(=O)(=O)CCOC)cc1.CNc1cccc(S(=O)(=O)CCOC)c1. The lowest BCUT2D eigenvalue weighted by atomic mass is 10.3. The number of methoxy groups -OCH3 is 3. The zero-order chi connectivity index (χ0) is 35.5. The van der Waals surface area contributed by atoms with Gasteiger partial charge in [-0.15, -0.1) is 0 Å². The van der Waals surface area contributed by atoms with Gasteiger partial charge in [-0.2, -0.15) is 0 Å². The van der Waals surface area contributed by atoms with E-state index in [1.54, 1.807) is 68.7 Å². The number of ether oxygens (including phenoxy) is 3. The maximum Gasteiger partial charge on any atom is 0.180 e. The second-order valence-electron chi connectivity index (χ2n) is 10.00. The van der Waals surface area contributed by atoms with Gasteiger partial charge in [-0.25, -0.2) is 25.3 Å². The van der Waals surface area contributed by atoms with E-state index in [0.29, 0.717) is 14.7 Å². The predicted molar refractivity (Wildman–Crippen MR) is 189 cm³/mol. The summed E-state index contributed by atoms with van der Waals surface area (Å²) in [4.78, 5) is 3.05. The van der Waals surface area contributed by atoms with E-state index in [1.807, 2.05) is 37.1 Å². The summed E-state index contributed by atoms with van der Waals surface area (Å²) in [7, 11) is 0.335. The first-order chi connectivity index (χ1) is 22.2. The molecule has 15 heteroatoms. The van der Waals surface area contributed by atoms with E-state index in [4.69, 9.17) is 14.2 Å². The van der Waals surface area contributed by atoms with Crippen LogP contribution < -0.4 is 15.5 Å². The molecule has 0 amide bonds. The third-order valence-corrected chi connectivity index (χ3v) is 11.8. The number of nitrogens with one attached hydrogen (secondary N) is 2. The molecular weight excluding hydrogens is 667 g/mol. The molecule has 3 aromatic carbocycles. The smallest absolute Gasteiger partial charge is 0.180 e. The fourth-order valence-electron chi connectivity index (χ4n) is 3.70. The van der Waals surface area contributed by atoms with Gasteiger partial charge in [0, 0.05) is 66.1 Å². The van der Waals surface area contributed by atoms with Gasteiger partial charge >= 0.3 is 0 Å². The summed E-state index contributed by atoms with van der Waals surface area (Å²) in [6.07, 6.45) is 0. The Bertz CT molecular complexity index is 1650. The van der Waals surface area contributed by atoms with Crippen LogP contribution in [-0.4, -0.2) is 111 Å². The van der Waals surface area contributed by atoms with Crippen LogP contribution in [0.5, 0.6) is 0 Å². The maximum absolute atomic E-state index is 11.8. The highest BCUT2D eigenvalue weighted by Gasteiger charge is 2.15. The van der Waals surface area contributed by atoms with Gasteiger partial charge in [0.1, 0.15) is 0 Å². The van der Waals surface area contributed by atoms with Crippen molar-refractivity contribution < 1.29 is 39.5 Å². The van der Waals surface area contributed by atoms with Crippen molar-refractivity contribution in [3.05, 3.63) is 72.8 Å². The topological polar surface area (TPSA) is 157 Å². The molecule has 0 aliphatic carbocycles. The normalized spacial score (nSPS) is 11.4. The van der Waals surface area contributed by atoms with E-state index in [9.17, 15) is 25.3 Å². The summed E-state index contributed by atoms with van der Waals surface area (Å²) in [6.45, 7) is 3.58. The second-order valence-corrected chi connectivity index (χ2v) is 16.3. The summed E-state index contributed by atoms with van der Waals surface area (Å²) in [6, 6.07) is 20.3. The maximum atomic E-state index is 11.8. The van der Waals surface area contributed by atoms with Gasteiger partial charge in [0.2, 0.25) is 0 Å². The lowest BCUT2D eigenvalue weighted by molar-refractivity contribution is 0.217. The minimum atomic E-state index is -3.22. The van der Waals surface area contributed by atoms with E-state index in [1.165, 1.54) is 21.3 Å². The van der Waals surface area contributed by atoms with Gasteiger partial charge in [-0.05, 0) is 73.7 Å². The molecule has 0 heterocycles. The Morgan fingerprint density at radius 2 is 0.979 bits per heavy atom. The standard InChI is InChI=1S/C12H19NO3S.2C10H15NO3S/c1-4-13(2)11-5-7-12(8-6-11)17(14,15)10-9-16-3;1-11-9-3-5-10(6-4-9)15(12,13)8-7-14-2;1-11-9-4-3-5-10(8-9)15(12,13)7-6-14-2/h5-8H,4,9-10H2,1-3H3;3-6,11H,7-8H2,1-2H3;3-5,8,11H,6-7H2,1-2H3. The first kappa shape index (κ1) is 41.8. The summed E-state index contributed by atoms with van der Waals surface area (Å²) in [5, 5.41) is 5.83. The molecule has 0 saturated heterocycles. The van der Waals surface area contributed by atoms with Gasteiger partial charge in [-0.3, -0.25) is 0 Å². The van der Waals surface area contributed by atoms with E-state index >= 15 is 0 Å². The number of sulfone groups is 3. The molecule has 0 aromatic heterocycles. The highest BCUT2D eigenvalue weighted by molar-refractivity contribution is 7.92. The van der Waals surface area contributed by atoms with Crippen LogP contribution in [-0.2, 0) is 43.7 Å². The summed E-state index contributed by atoms with van der Waals surface area (Å²) < 4.78 is 84.9. The first-order valence-corrected chi connectivity index (χ1v) is 19.7. The molecule has 0 spiro atoms. The van der Waals surface area contributed by atoms with Crippen molar-refractivity contribution in [2.45, 2.75) is 21.6 Å². The van der Waals surface area contributed by atoms with E-state index in [-0.39, 0.29) is 37.1 Å². The highest BCUT2D eigenvalue weighted by atomic mass is 32.2. The number of benzene rings is 3. The summed E-state index contributed by atoms with van der Waals surface area (Å²) >= 11 is 0. The van der Waals surface area contributed by atoms with E-state index < -0.39 is 29.5 Å². The van der Waals surface area contributed by atoms with Crippen LogP contribution in [0.2, 0.25) is 0 Å². The largest absolute Gasteiger partial charge is 0.388 e. The Morgan fingerprint density at radius 1 is 0.574 bits per heavy atom. The average molecular weight is 716 g/mol. The summed E-state index contributed by atoms with van der Waals surface area (Å²) in [5.74, 6) is 0.0472. The molecule has 0 unspecified atom stereocenters. The van der Waals surface area contributed by atoms with Gasteiger partial charge in [0.05, 0.1) is 51.8 Å². The molecule has 0 atom stereocenters. The molecule has 0 aliphatic heterocycles. The van der Waals surface area contributed by atoms with Gasteiger partial charge in [-0.1, -0.05) is 6.07 Å². The third kappa shape index (κ3) is 14.6. The third-order valence-electron chi connectivity index (χ3n) is 6.76. The molecule has 264 valence electrons. The van der Waals surface area contributed by atoms with Crippen molar-refractivity contribution >= 4 is 46.6 Å². The number of hydrogen-bond donors (Lipinski definition) is 2. The molecule has 3 rings (SSSR count). The number of nitrogens with zero attached hydrogens (tertiary/aromatic N) is 1. The van der Waals surface area contributed by atoms with Crippen molar-refractivity contribution in [1.29, 1.82) is 0 Å². The summed E-state index contributed by atoms with van der Waals surface area (Å²) in [5.41, 5.74) is 2.69. The van der Waals surface area contributed by atoms with Crippen LogP contribution in [0, 0.1) is 0 Å². The Balaban J connectivity index is 0.000000353. The zero-order valence-corrected chi connectivity index (χ0v) is 30.7. The number of anilines is 3. The van der Waals surface area contributed by atoms with Crippen LogP contribution in [0.3, 0.4) is 0 Å². The van der Waals surface area contributed by atoms with Crippen LogP contribution in [0.1, 0.15) is 6.92 Å². The van der Waals surface area contributed by atoms with Crippen molar-refractivity contribution in [2.24, 2.45) is 0 Å². The molecule has 0 fully saturated rings. The molecule has 3 aromatic rings. The Labute approximate surface area is 281 Å². The quantitative estimate of drug-likeness (QED) is 0.221. The molecule has 0 saturated carbocycles. The molecule has 47 heavy (non-hydrogen) atoms. The minimum absolute atomic E-state index is 0.0106. The molecule has 0 radical (unpaired) electrons. The molecular formula is C32H49N3O9S3. The predicted octanol–water partition coefficient (Wildman–Crippen LogP) is 3.86. The minimum Gasteiger partial charge on any atom is -0.388 e. The Kier molecular flexibility index (Phi) is 18.6. The first-order valence-electron chi connectivity index (χ1n) is 14.7. The molecule has 0 aliphatic rings. The van der Waals surface area contributed by atoms with Gasteiger partial charge in [0.15, 0.2) is 29.5 Å². The van der Waals surface area contributed by atoms with Crippen molar-refractivity contribution in [3.8, 4) is 0 Å². The van der Waals surface area contributed by atoms with Crippen LogP contribution in [0.4, 0.5) is 17.1 Å². The second kappa shape index (κ2) is 20.9. The van der Waals surface area contributed by atoms with E-state index in [0.717, 1.165) is 23.6 Å². The van der Waals surface area contributed by atoms with Crippen LogP contribution in [0.15, 0.2) is 87.5 Å². The van der Waals surface area contributed by atoms with Gasteiger partial charge < -0.3 is 29.7 Å². The van der Waals surface area contributed by atoms with Crippen LogP contribution in [0.25, 0.3) is 0 Å². The monoisotopic (exact) mass is 715 g/mol. The van der Waals surface area contributed by atoms with Crippen molar-refractivity contribution in [1.82, 2.24) is 0 Å². The lowest BCUT2D eigenvalue weighted by Gasteiger charge is -2.16. The fourth-order valence-corrected chi connectivity index (χ4v) is 7.26. The Hall–Kier alpha value is -3.21. The number of hydrogen-bond acceptors (Lipinski definition) is 12. The Morgan fingerprint density at radius 3 is 1.36 bits per heavy atom. The molecule has 2 N–H and O–H groups in total. The average Bonchev–Trinajstić information content (AvgIpc) is 3.09. The van der Waals surface area contributed by atoms with Gasteiger partial charge in [0.25, 0.3) is 0 Å². The highest BCUT2D eigenvalue weighted by Crippen LogP contribution is 2.18. The fraction of sp³-hybridized carbons (Fsp3) is 0.438.